The second-order valence-electron chi connectivity index (χ2n) is 10.1. The Bertz CT molecular complexity index is 1260. The second-order valence-corrected chi connectivity index (χ2v) is 10.1. The van der Waals surface area contributed by atoms with Crippen LogP contribution in [0.25, 0.3) is 11.1 Å². The third-order valence-corrected chi connectivity index (χ3v) is 7.70. The van der Waals surface area contributed by atoms with Gasteiger partial charge in [-0.15, -0.1) is 0 Å². The van der Waals surface area contributed by atoms with Crippen molar-refractivity contribution in [1.82, 2.24) is 10.2 Å². The van der Waals surface area contributed by atoms with Crippen LogP contribution in [0, 0.1) is 11.8 Å². The number of benzene rings is 3. The van der Waals surface area contributed by atoms with Crippen molar-refractivity contribution in [2.24, 2.45) is 11.8 Å². The van der Waals surface area contributed by atoms with Crippen LogP contribution in [0.5, 0.6) is 0 Å². The molecule has 0 radical (unpaired) electrons. The maximum Gasteiger partial charge on any atom is 0.407 e. The summed E-state index contributed by atoms with van der Waals surface area (Å²) in [5.41, 5.74) is 5.44. The van der Waals surface area contributed by atoms with E-state index < -0.39 is 18.0 Å². The van der Waals surface area contributed by atoms with E-state index in [1.54, 1.807) is 0 Å². The summed E-state index contributed by atoms with van der Waals surface area (Å²) >= 11 is 0. The van der Waals surface area contributed by atoms with Crippen LogP contribution in [0.4, 0.5) is 4.79 Å². The van der Waals surface area contributed by atoms with Crippen molar-refractivity contribution in [3.63, 3.8) is 0 Å². The highest BCUT2D eigenvalue weighted by molar-refractivity contribution is 5.84. The molecule has 196 valence electrons. The minimum atomic E-state index is -1.06. The van der Waals surface area contributed by atoms with Gasteiger partial charge in [-0.3, -0.25) is 9.59 Å². The zero-order chi connectivity index (χ0) is 26.5. The first-order valence-electron chi connectivity index (χ1n) is 13.1. The second kappa shape index (κ2) is 11.5. The first kappa shape index (κ1) is 25.5. The van der Waals surface area contributed by atoms with Gasteiger partial charge in [0.05, 0.1) is 5.92 Å². The van der Waals surface area contributed by atoms with Crippen LogP contribution in [-0.2, 0) is 20.9 Å². The number of carbonyl (C=O) groups excluding carboxylic acids is 2. The number of nitrogens with zero attached hydrogens (tertiary/aromatic N) is 1. The number of fused-ring (bicyclic) bond motifs is 3. The lowest BCUT2D eigenvalue weighted by molar-refractivity contribution is -0.148. The summed E-state index contributed by atoms with van der Waals surface area (Å²) in [7, 11) is 0. The molecule has 0 spiro atoms. The van der Waals surface area contributed by atoms with Gasteiger partial charge in [0.25, 0.3) is 0 Å². The lowest BCUT2D eigenvalue weighted by Crippen LogP contribution is -2.47. The Balaban J connectivity index is 1.23. The monoisotopic (exact) mass is 512 g/mol. The number of amides is 2. The summed E-state index contributed by atoms with van der Waals surface area (Å²) < 4.78 is 5.65. The number of alkyl carbamates (subject to hydrolysis) is 1. The number of ether oxygens (including phenoxy) is 1. The molecule has 2 aliphatic rings. The Labute approximate surface area is 222 Å². The molecule has 1 saturated carbocycles. The molecule has 1 atom stereocenters. The SMILES string of the molecule is O=C(O)CN(Cc1ccccc1)C(=O)C(CNC(=O)OCC1c2ccccc2-c2ccccc21)C1CCC1. The van der Waals surface area contributed by atoms with E-state index in [-0.39, 0.29) is 44.0 Å². The van der Waals surface area contributed by atoms with Crippen molar-refractivity contribution in [1.29, 1.82) is 0 Å². The van der Waals surface area contributed by atoms with E-state index in [0.29, 0.717) is 0 Å². The lowest BCUT2D eigenvalue weighted by Gasteiger charge is -2.36. The minimum Gasteiger partial charge on any atom is -0.480 e. The maximum absolute atomic E-state index is 13.5. The molecule has 7 nitrogen and oxygen atoms in total. The predicted octanol–water partition coefficient (Wildman–Crippen LogP) is 5.05. The number of hydrogen-bond acceptors (Lipinski definition) is 4. The van der Waals surface area contributed by atoms with Gasteiger partial charge in [-0.2, -0.15) is 0 Å². The third kappa shape index (κ3) is 5.57. The molecule has 0 saturated heterocycles. The zero-order valence-electron chi connectivity index (χ0n) is 21.2. The standard InChI is InChI=1S/C31H32N2O5/c34-29(35)19-33(18-21-9-2-1-3-10-21)30(36)27(22-11-8-12-22)17-32-31(37)38-20-28-25-15-6-4-13-23(25)24-14-5-7-16-26(24)28/h1-7,9-10,13-16,22,27-28H,8,11-12,17-20H2,(H,32,37)(H,34,35). The minimum absolute atomic E-state index is 0.0471. The van der Waals surface area contributed by atoms with Crippen molar-refractivity contribution in [3.8, 4) is 11.1 Å². The highest BCUT2D eigenvalue weighted by Gasteiger charge is 2.36. The number of nitrogens with one attached hydrogen (secondary N) is 1. The summed E-state index contributed by atoms with van der Waals surface area (Å²) in [6.07, 6.45) is 2.22. The fourth-order valence-electron chi connectivity index (χ4n) is 5.55. The zero-order valence-corrected chi connectivity index (χ0v) is 21.2. The van der Waals surface area contributed by atoms with Crippen molar-refractivity contribution in [2.75, 3.05) is 19.7 Å². The lowest BCUT2D eigenvalue weighted by atomic mass is 9.75. The summed E-state index contributed by atoms with van der Waals surface area (Å²) in [4.78, 5) is 39.2. The van der Waals surface area contributed by atoms with Gasteiger partial charge in [-0.25, -0.2) is 4.79 Å². The van der Waals surface area contributed by atoms with E-state index in [1.807, 2.05) is 54.6 Å². The molecule has 0 aromatic heterocycles. The molecular weight excluding hydrogens is 480 g/mol. The molecule has 38 heavy (non-hydrogen) atoms. The van der Waals surface area contributed by atoms with Gasteiger partial charge in [0.2, 0.25) is 5.91 Å². The number of carbonyl (C=O) groups is 3. The molecule has 1 unspecified atom stereocenters. The number of hydrogen-bond donors (Lipinski definition) is 2. The Morgan fingerprint density at radius 2 is 1.50 bits per heavy atom. The number of carboxylic acids is 1. The quantitative estimate of drug-likeness (QED) is 0.396. The Morgan fingerprint density at radius 1 is 0.895 bits per heavy atom. The Hall–Kier alpha value is -4.13. The molecule has 3 aromatic carbocycles. The van der Waals surface area contributed by atoms with Crippen LogP contribution >= 0.6 is 0 Å². The number of aliphatic carboxylic acids is 1. The molecule has 1 fully saturated rings. The predicted molar refractivity (Wildman–Crippen MR) is 143 cm³/mol. The smallest absolute Gasteiger partial charge is 0.407 e. The van der Waals surface area contributed by atoms with Gasteiger partial charge in [-0.1, -0.05) is 85.3 Å². The first-order chi connectivity index (χ1) is 18.5. The van der Waals surface area contributed by atoms with E-state index in [9.17, 15) is 19.5 Å². The molecule has 2 N–H and O–H groups in total. The molecule has 0 aliphatic heterocycles. The molecule has 7 heteroatoms. The topological polar surface area (TPSA) is 95.9 Å². The molecule has 0 heterocycles. The Morgan fingerprint density at radius 3 is 2.08 bits per heavy atom. The van der Waals surface area contributed by atoms with Gasteiger partial charge < -0.3 is 20.1 Å². The molecular formula is C31H32N2O5. The molecule has 3 aromatic rings. The summed E-state index contributed by atoms with van der Waals surface area (Å²) in [5.74, 6) is -1.74. The Kier molecular flexibility index (Phi) is 7.73. The number of carboxylic acid groups (broad SMARTS) is 1. The van der Waals surface area contributed by atoms with Crippen LogP contribution in [-0.4, -0.2) is 47.7 Å². The van der Waals surface area contributed by atoms with Gasteiger partial charge in [-0.05, 0) is 46.6 Å². The van der Waals surface area contributed by atoms with E-state index in [1.165, 1.54) is 4.90 Å². The van der Waals surface area contributed by atoms with E-state index in [2.05, 4.69) is 29.6 Å². The van der Waals surface area contributed by atoms with Crippen molar-refractivity contribution >= 4 is 18.0 Å². The van der Waals surface area contributed by atoms with Crippen LogP contribution in [0.2, 0.25) is 0 Å². The molecule has 5 rings (SSSR count). The normalized spacial score (nSPS) is 15.1. The van der Waals surface area contributed by atoms with E-state index >= 15 is 0 Å². The maximum atomic E-state index is 13.5. The van der Waals surface area contributed by atoms with Crippen molar-refractivity contribution in [2.45, 2.75) is 31.7 Å². The fourth-order valence-corrected chi connectivity index (χ4v) is 5.55. The van der Waals surface area contributed by atoms with E-state index in [0.717, 1.165) is 47.1 Å². The highest BCUT2D eigenvalue weighted by atomic mass is 16.5. The van der Waals surface area contributed by atoms with Crippen molar-refractivity contribution in [3.05, 3.63) is 95.6 Å². The highest BCUT2D eigenvalue weighted by Crippen LogP contribution is 2.44. The van der Waals surface area contributed by atoms with E-state index in [4.69, 9.17) is 4.74 Å². The average Bonchev–Trinajstić information content (AvgIpc) is 3.22. The average molecular weight is 513 g/mol. The van der Waals surface area contributed by atoms with Crippen LogP contribution in [0.15, 0.2) is 78.9 Å². The van der Waals surface area contributed by atoms with Crippen LogP contribution < -0.4 is 5.32 Å². The molecule has 2 aliphatic carbocycles. The first-order valence-corrected chi connectivity index (χ1v) is 13.1. The molecule has 2 amide bonds. The summed E-state index contributed by atoms with van der Waals surface area (Å²) in [5, 5.41) is 12.3. The van der Waals surface area contributed by atoms with Gasteiger partial charge in [0.1, 0.15) is 13.2 Å². The van der Waals surface area contributed by atoms with Gasteiger partial charge in [0.15, 0.2) is 0 Å². The summed E-state index contributed by atoms with van der Waals surface area (Å²) in [6.45, 7) is 0.133. The van der Waals surface area contributed by atoms with Gasteiger partial charge >= 0.3 is 12.1 Å². The van der Waals surface area contributed by atoms with Crippen LogP contribution in [0.1, 0.15) is 41.9 Å². The largest absolute Gasteiger partial charge is 0.480 e. The third-order valence-electron chi connectivity index (χ3n) is 7.70. The van der Waals surface area contributed by atoms with Crippen LogP contribution in [0.3, 0.4) is 0 Å². The number of rotatable bonds is 10. The molecule has 0 bridgehead atoms. The van der Waals surface area contributed by atoms with Gasteiger partial charge in [0, 0.05) is 19.0 Å². The summed E-state index contributed by atoms with van der Waals surface area (Å²) in [6, 6.07) is 25.6. The fraction of sp³-hybridized carbons (Fsp3) is 0.323. The van der Waals surface area contributed by atoms with Crippen molar-refractivity contribution < 1.29 is 24.2 Å².